The van der Waals surface area contributed by atoms with Gasteiger partial charge in [-0.2, -0.15) is 0 Å². The van der Waals surface area contributed by atoms with E-state index in [1.165, 1.54) is 0 Å². The number of carbonyl (C=O) groups excluding carboxylic acids is 2. The summed E-state index contributed by atoms with van der Waals surface area (Å²) in [5.74, 6) is -0.401. The maximum atomic E-state index is 11.4. The molecule has 1 aromatic rings. The number of esters is 1. The highest BCUT2D eigenvalue weighted by Crippen LogP contribution is 2.06. The predicted molar refractivity (Wildman–Crippen MR) is 59.1 cm³/mol. The molecule has 5 heteroatoms. The van der Waals surface area contributed by atoms with E-state index in [1.807, 2.05) is 30.3 Å². The molecule has 0 aromatic heterocycles. The summed E-state index contributed by atoms with van der Waals surface area (Å²) in [4.78, 5) is 22.5. The van der Waals surface area contributed by atoms with Crippen LogP contribution in [0.15, 0.2) is 30.3 Å². The van der Waals surface area contributed by atoms with Crippen molar-refractivity contribution in [2.45, 2.75) is 19.1 Å². The van der Waals surface area contributed by atoms with E-state index in [0.717, 1.165) is 5.56 Å². The van der Waals surface area contributed by atoms with Gasteiger partial charge in [0.1, 0.15) is 12.6 Å². The van der Waals surface area contributed by atoms with E-state index in [0.29, 0.717) is 13.0 Å². The molecule has 0 bridgehead atoms. The molecule has 1 amide bonds. The standard InChI is InChI=1S/C12H13NO4/c14-11-10(6-7-16-11)13-12(15)17-8-9-4-2-1-3-5-9/h1-5,10H,6-8H2,(H,13,15)/t10-/m0/s1. The van der Waals surface area contributed by atoms with Crippen LogP contribution in [-0.2, 0) is 20.9 Å². The Labute approximate surface area is 98.7 Å². The van der Waals surface area contributed by atoms with E-state index in [-0.39, 0.29) is 6.61 Å². The lowest BCUT2D eigenvalue weighted by Gasteiger charge is -2.09. The summed E-state index contributed by atoms with van der Waals surface area (Å²) in [6.07, 6.45) is -0.100. The maximum absolute atomic E-state index is 11.4. The smallest absolute Gasteiger partial charge is 0.408 e. The molecule has 0 spiro atoms. The minimum absolute atomic E-state index is 0.189. The van der Waals surface area contributed by atoms with Crippen molar-refractivity contribution in [3.63, 3.8) is 0 Å². The van der Waals surface area contributed by atoms with Gasteiger partial charge in [0, 0.05) is 6.42 Å². The molecule has 0 saturated carbocycles. The highest BCUT2D eigenvalue weighted by molar-refractivity contribution is 5.82. The fourth-order valence-corrected chi connectivity index (χ4v) is 1.53. The van der Waals surface area contributed by atoms with Gasteiger partial charge in [0.2, 0.25) is 0 Å². The van der Waals surface area contributed by atoms with Crippen molar-refractivity contribution < 1.29 is 19.1 Å². The van der Waals surface area contributed by atoms with Gasteiger partial charge in [-0.15, -0.1) is 0 Å². The van der Waals surface area contributed by atoms with Crippen molar-refractivity contribution in [1.29, 1.82) is 0 Å². The summed E-state index contributed by atoms with van der Waals surface area (Å²) in [6.45, 7) is 0.539. The summed E-state index contributed by atoms with van der Waals surface area (Å²) in [7, 11) is 0. The van der Waals surface area contributed by atoms with Gasteiger partial charge in [-0.3, -0.25) is 0 Å². The van der Waals surface area contributed by atoms with Crippen LogP contribution in [0.3, 0.4) is 0 Å². The zero-order chi connectivity index (χ0) is 12.1. The first-order valence-corrected chi connectivity index (χ1v) is 5.39. The van der Waals surface area contributed by atoms with E-state index in [2.05, 4.69) is 5.32 Å². The lowest BCUT2D eigenvalue weighted by molar-refractivity contribution is -0.139. The van der Waals surface area contributed by atoms with Crippen molar-refractivity contribution in [3.05, 3.63) is 35.9 Å². The first kappa shape index (κ1) is 11.4. The van der Waals surface area contributed by atoms with Gasteiger partial charge >= 0.3 is 12.1 Å². The van der Waals surface area contributed by atoms with Gasteiger partial charge in [-0.05, 0) is 5.56 Å². The van der Waals surface area contributed by atoms with E-state index in [4.69, 9.17) is 9.47 Å². The maximum Gasteiger partial charge on any atom is 0.408 e. The summed E-state index contributed by atoms with van der Waals surface area (Å²) in [6, 6.07) is 8.76. The Morgan fingerprint density at radius 2 is 2.18 bits per heavy atom. The number of amides is 1. The molecule has 17 heavy (non-hydrogen) atoms. The number of ether oxygens (including phenoxy) is 2. The third kappa shape index (κ3) is 3.21. The number of hydrogen-bond donors (Lipinski definition) is 1. The van der Waals surface area contributed by atoms with Gasteiger partial charge < -0.3 is 14.8 Å². The average molecular weight is 235 g/mol. The third-order valence-electron chi connectivity index (χ3n) is 2.44. The molecular formula is C12H13NO4. The monoisotopic (exact) mass is 235 g/mol. The molecule has 1 saturated heterocycles. The van der Waals surface area contributed by atoms with Gasteiger partial charge in [0.15, 0.2) is 0 Å². The molecule has 1 heterocycles. The molecule has 0 aliphatic carbocycles. The van der Waals surface area contributed by atoms with Gasteiger partial charge in [-0.1, -0.05) is 30.3 Å². The predicted octanol–water partition coefficient (Wildman–Crippen LogP) is 1.23. The Hall–Kier alpha value is -2.04. The lowest BCUT2D eigenvalue weighted by atomic mass is 10.2. The molecule has 1 aromatic carbocycles. The zero-order valence-electron chi connectivity index (χ0n) is 9.22. The van der Waals surface area contributed by atoms with Crippen LogP contribution in [0.25, 0.3) is 0 Å². The lowest BCUT2D eigenvalue weighted by Crippen LogP contribution is -2.38. The first-order valence-electron chi connectivity index (χ1n) is 5.39. The average Bonchev–Trinajstić information content (AvgIpc) is 2.74. The van der Waals surface area contributed by atoms with Crippen molar-refractivity contribution in [2.24, 2.45) is 0 Å². The Bertz CT molecular complexity index is 404. The molecule has 1 atom stereocenters. The molecule has 0 radical (unpaired) electrons. The van der Waals surface area contributed by atoms with Crippen LogP contribution in [0.5, 0.6) is 0 Å². The topological polar surface area (TPSA) is 64.6 Å². The number of cyclic esters (lactones) is 1. The van der Waals surface area contributed by atoms with Crippen molar-refractivity contribution in [1.82, 2.24) is 5.32 Å². The summed E-state index contributed by atoms with van der Waals surface area (Å²) in [5.41, 5.74) is 0.900. The Morgan fingerprint density at radius 3 is 2.82 bits per heavy atom. The number of nitrogens with one attached hydrogen (secondary N) is 1. The number of hydrogen-bond acceptors (Lipinski definition) is 4. The second kappa shape index (κ2) is 5.34. The van der Waals surface area contributed by atoms with Crippen molar-refractivity contribution >= 4 is 12.1 Å². The van der Waals surface area contributed by atoms with Crippen LogP contribution >= 0.6 is 0 Å². The van der Waals surface area contributed by atoms with E-state index in [1.54, 1.807) is 0 Å². The van der Waals surface area contributed by atoms with Crippen LogP contribution in [0.2, 0.25) is 0 Å². The Balaban J connectivity index is 1.76. The van der Waals surface area contributed by atoms with E-state index in [9.17, 15) is 9.59 Å². The highest BCUT2D eigenvalue weighted by Gasteiger charge is 2.28. The SMILES string of the molecule is O=C(N[C@H]1CCOC1=O)OCc1ccccc1. The molecule has 1 aliphatic heterocycles. The highest BCUT2D eigenvalue weighted by atomic mass is 16.6. The van der Waals surface area contributed by atoms with Crippen LogP contribution in [-0.4, -0.2) is 24.7 Å². The summed E-state index contributed by atoms with van der Waals surface area (Å²) < 4.78 is 9.70. The third-order valence-corrected chi connectivity index (χ3v) is 2.44. The largest absolute Gasteiger partial charge is 0.464 e. The molecule has 90 valence electrons. The number of benzene rings is 1. The van der Waals surface area contributed by atoms with Gasteiger partial charge in [-0.25, -0.2) is 9.59 Å². The molecule has 5 nitrogen and oxygen atoms in total. The Kier molecular flexibility index (Phi) is 3.59. The van der Waals surface area contributed by atoms with Gasteiger partial charge in [0.05, 0.1) is 6.61 Å². The normalized spacial score (nSPS) is 18.6. The van der Waals surface area contributed by atoms with Crippen LogP contribution in [0.1, 0.15) is 12.0 Å². The van der Waals surface area contributed by atoms with E-state index < -0.39 is 18.1 Å². The Morgan fingerprint density at radius 1 is 1.41 bits per heavy atom. The summed E-state index contributed by atoms with van der Waals surface area (Å²) >= 11 is 0. The van der Waals surface area contributed by atoms with Crippen LogP contribution in [0.4, 0.5) is 4.79 Å². The first-order chi connectivity index (χ1) is 8.25. The quantitative estimate of drug-likeness (QED) is 0.800. The van der Waals surface area contributed by atoms with E-state index >= 15 is 0 Å². The number of rotatable bonds is 3. The molecule has 1 N–H and O–H groups in total. The van der Waals surface area contributed by atoms with Crippen LogP contribution in [0, 0.1) is 0 Å². The van der Waals surface area contributed by atoms with Crippen molar-refractivity contribution in [3.8, 4) is 0 Å². The minimum atomic E-state index is -0.599. The molecule has 1 aliphatic rings. The van der Waals surface area contributed by atoms with Crippen molar-refractivity contribution in [2.75, 3.05) is 6.61 Å². The number of alkyl carbamates (subject to hydrolysis) is 1. The fraction of sp³-hybridized carbons (Fsp3) is 0.333. The molecular weight excluding hydrogens is 222 g/mol. The fourth-order valence-electron chi connectivity index (χ4n) is 1.53. The molecule has 1 fully saturated rings. The zero-order valence-corrected chi connectivity index (χ0v) is 9.22. The van der Waals surface area contributed by atoms with Gasteiger partial charge in [0.25, 0.3) is 0 Å². The minimum Gasteiger partial charge on any atom is -0.464 e. The second-order valence-electron chi connectivity index (χ2n) is 3.71. The number of carbonyl (C=O) groups is 2. The van der Waals surface area contributed by atoms with Crippen LogP contribution < -0.4 is 5.32 Å². The summed E-state index contributed by atoms with van der Waals surface area (Å²) in [5, 5.41) is 2.46. The second-order valence-corrected chi connectivity index (χ2v) is 3.71. The molecule has 0 unspecified atom stereocenters. The molecule has 2 rings (SSSR count).